The average Bonchev–Trinajstić information content (AvgIpc) is 2.08. The van der Waals surface area contributed by atoms with E-state index < -0.39 is 0 Å². The molecule has 0 aliphatic heterocycles. The van der Waals surface area contributed by atoms with E-state index in [1.54, 1.807) is 19.1 Å². The highest BCUT2D eigenvalue weighted by atomic mass is 35.5. The second-order valence-corrected chi connectivity index (χ2v) is 3.44. The summed E-state index contributed by atoms with van der Waals surface area (Å²) < 4.78 is 0. The van der Waals surface area contributed by atoms with E-state index in [1.807, 2.05) is 12.1 Å². The van der Waals surface area contributed by atoms with Crippen LogP contribution in [0.4, 0.5) is 0 Å². The highest BCUT2D eigenvalue weighted by Gasteiger charge is 2.03. The zero-order valence-corrected chi connectivity index (χ0v) is 8.27. The van der Waals surface area contributed by atoms with Crippen molar-refractivity contribution in [3.8, 4) is 0 Å². The van der Waals surface area contributed by atoms with Gasteiger partial charge in [0.05, 0.1) is 0 Å². The molecule has 2 heteroatoms. The summed E-state index contributed by atoms with van der Waals surface area (Å²) in [6.07, 6.45) is 0.409. The number of allylic oxidation sites excluding steroid dienone is 1. The number of benzene rings is 1. The Morgan fingerprint density at radius 3 is 2.38 bits per heavy atom. The molecule has 0 unspecified atom stereocenters. The van der Waals surface area contributed by atoms with Gasteiger partial charge in [-0.05, 0) is 30.2 Å². The summed E-state index contributed by atoms with van der Waals surface area (Å²) in [5, 5.41) is 0.687. The van der Waals surface area contributed by atoms with Crippen molar-refractivity contribution in [2.45, 2.75) is 13.3 Å². The normalized spacial score (nSPS) is 9.69. The molecular formula is C11H11ClO. The van der Waals surface area contributed by atoms with Crippen LogP contribution in [0.15, 0.2) is 36.4 Å². The maximum Gasteiger partial charge on any atom is 0.162 e. The van der Waals surface area contributed by atoms with Crippen LogP contribution in [0.2, 0.25) is 5.02 Å². The molecule has 13 heavy (non-hydrogen) atoms. The highest BCUT2D eigenvalue weighted by molar-refractivity contribution is 6.30. The van der Waals surface area contributed by atoms with Gasteiger partial charge in [-0.2, -0.15) is 0 Å². The largest absolute Gasteiger partial charge is 0.294 e. The lowest BCUT2D eigenvalue weighted by atomic mass is 10.1. The van der Waals surface area contributed by atoms with E-state index >= 15 is 0 Å². The van der Waals surface area contributed by atoms with Gasteiger partial charge in [0.25, 0.3) is 0 Å². The number of rotatable bonds is 3. The van der Waals surface area contributed by atoms with Crippen LogP contribution in [0.1, 0.15) is 12.5 Å². The van der Waals surface area contributed by atoms with Gasteiger partial charge < -0.3 is 0 Å². The van der Waals surface area contributed by atoms with Crippen LogP contribution < -0.4 is 0 Å². The number of halogens is 1. The second-order valence-electron chi connectivity index (χ2n) is 3.01. The topological polar surface area (TPSA) is 17.1 Å². The smallest absolute Gasteiger partial charge is 0.162 e. The Balaban J connectivity index is 2.70. The molecule has 0 saturated carbocycles. The molecule has 0 spiro atoms. The van der Waals surface area contributed by atoms with Crippen molar-refractivity contribution >= 4 is 17.4 Å². The van der Waals surface area contributed by atoms with Crippen LogP contribution in [0.3, 0.4) is 0 Å². The summed E-state index contributed by atoms with van der Waals surface area (Å²) in [4.78, 5) is 11.3. The molecule has 0 aromatic heterocycles. The van der Waals surface area contributed by atoms with Gasteiger partial charge in [-0.1, -0.05) is 30.3 Å². The summed E-state index contributed by atoms with van der Waals surface area (Å²) in [6.45, 7) is 5.31. The van der Waals surface area contributed by atoms with E-state index in [-0.39, 0.29) is 5.78 Å². The van der Waals surface area contributed by atoms with Crippen LogP contribution >= 0.6 is 11.6 Å². The first-order valence-electron chi connectivity index (χ1n) is 4.03. The number of hydrogen-bond acceptors (Lipinski definition) is 1. The van der Waals surface area contributed by atoms with Crippen molar-refractivity contribution in [2.24, 2.45) is 0 Å². The Morgan fingerprint density at radius 2 is 1.92 bits per heavy atom. The van der Waals surface area contributed by atoms with E-state index in [0.29, 0.717) is 17.0 Å². The van der Waals surface area contributed by atoms with Crippen molar-refractivity contribution in [2.75, 3.05) is 0 Å². The molecule has 0 atom stereocenters. The summed E-state index contributed by atoms with van der Waals surface area (Å²) in [7, 11) is 0. The van der Waals surface area contributed by atoms with Crippen molar-refractivity contribution < 1.29 is 4.79 Å². The van der Waals surface area contributed by atoms with Crippen LogP contribution in [0.25, 0.3) is 0 Å². The number of hydrogen-bond donors (Lipinski definition) is 0. The van der Waals surface area contributed by atoms with Gasteiger partial charge in [-0.25, -0.2) is 0 Å². The first-order valence-corrected chi connectivity index (χ1v) is 4.40. The predicted octanol–water partition coefficient (Wildman–Crippen LogP) is 3.03. The molecule has 0 N–H and O–H groups in total. The number of carbonyl (C=O) groups is 1. The number of Topliss-reactive ketones (excluding diaryl/α,β-unsaturated/α-hetero) is 1. The number of ketones is 1. The monoisotopic (exact) mass is 194 g/mol. The first kappa shape index (κ1) is 10.0. The maximum atomic E-state index is 11.3. The van der Waals surface area contributed by atoms with Gasteiger partial charge in [0.15, 0.2) is 5.78 Å². The van der Waals surface area contributed by atoms with Crippen LogP contribution in [-0.2, 0) is 11.2 Å². The molecule has 0 saturated heterocycles. The molecule has 0 radical (unpaired) electrons. The van der Waals surface area contributed by atoms with E-state index in [9.17, 15) is 4.79 Å². The Labute approximate surface area is 83.0 Å². The molecule has 0 bridgehead atoms. The quantitative estimate of drug-likeness (QED) is 0.676. The minimum atomic E-state index is 0.0716. The Morgan fingerprint density at radius 1 is 1.38 bits per heavy atom. The summed E-state index contributed by atoms with van der Waals surface area (Å²) in [5.41, 5.74) is 1.56. The third-order valence-corrected chi connectivity index (χ3v) is 2.01. The predicted molar refractivity (Wildman–Crippen MR) is 55.0 cm³/mol. The van der Waals surface area contributed by atoms with Gasteiger partial charge in [0, 0.05) is 11.4 Å². The molecule has 1 nitrogen and oxygen atoms in total. The molecule has 0 heterocycles. The molecule has 0 aliphatic rings. The van der Waals surface area contributed by atoms with Crippen LogP contribution in [0.5, 0.6) is 0 Å². The Bertz CT molecular complexity index is 324. The maximum absolute atomic E-state index is 11.3. The third kappa shape index (κ3) is 3.03. The highest BCUT2D eigenvalue weighted by Crippen LogP contribution is 2.11. The number of carbonyl (C=O) groups excluding carboxylic acids is 1. The fourth-order valence-corrected chi connectivity index (χ4v) is 1.06. The fourth-order valence-electron chi connectivity index (χ4n) is 0.939. The summed E-state index contributed by atoms with van der Waals surface area (Å²) in [5.74, 6) is 0.0716. The van der Waals surface area contributed by atoms with E-state index in [4.69, 9.17) is 11.6 Å². The third-order valence-electron chi connectivity index (χ3n) is 1.75. The zero-order valence-electron chi connectivity index (χ0n) is 7.51. The lowest BCUT2D eigenvalue weighted by Gasteiger charge is -1.99. The summed E-state index contributed by atoms with van der Waals surface area (Å²) in [6, 6.07) is 7.26. The van der Waals surface area contributed by atoms with Gasteiger partial charge in [-0.15, -0.1) is 0 Å². The van der Waals surface area contributed by atoms with Crippen molar-refractivity contribution in [3.05, 3.63) is 47.0 Å². The molecule has 1 aromatic carbocycles. The molecule has 68 valence electrons. The van der Waals surface area contributed by atoms with Crippen molar-refractivity contribution in [3.63, 3.8) is 0 Å². The van der Waals surface area contributed by atoms with Gasteiger partial charge in [0.2, 0.25) is 0 Å². The van der Waals surface area contributed by atoms with Crippen molar-refractivity contribution in [1.29, 1.82) is 0 Å². The Hall–Kier alpha value is -1.08. The molecule has 0 amide bonds. The zero-order chi connectivity index (χ0) is 9.84. The van der Waals surface area contributed by atoms with Gasteiger partial charge in [-0.3, -0.25) is 4.79 Å². The molecular weight excluding hydrogens is 184 g/mol. The molecule has 0 aliphatic carbocycles. The Kier molecular flexibility index (Phi) is 3.26. The summed E-state index contributed by atoms with van der Waals surface area (Å²) >= 11 is 5.71. The van der Waals surface area contributed by atoms with E-state index in [0.717, 1.165) is 5.56 Å². The second kappa shape index (κ2) is 4.24. The molecule has 0 fully saturated rings. The minimum Gasteiger partial charge on any atom is -0.294 e. The van der Waals surface area contributed by atoms with E-state index in [1.165, 1.54) is 0 Å². The standard InChI is InChI=1S/C11H11ClO/c1-8(2)11(13)7-9-3-5-10(12)6-4-9/h3-6H,1,7H2,2H3. The van der Waals surface area contributed by atoms with E-state index in [2.05, 4.69) is 6.58 Å². The molecule has 1 rings (SSSR count). The van der Waals surface area contributed by atoms with Crippen LogP contribution in [-0.4, -0.2) is 5.78 Å². The van der Waals surface area contributed by atoms with Crippen molar-refractivity contribution in [1.82, 2.24) is 0 Å². The lowest BCUT2D eigenvalue weighted by Crippen LogP contribution is -2.02. The molecule has 1 aromatic rings. The van der Waals surface area contributed by atoms with Crippen LogP contribution in [0, 0.1) is 0 Å². The first-order chi connectivity index (χ1) is 6.09. The fraction of sp³-hybridized carbons (Fsp3) is 0.182. The SMILES string of the molecule is C=C(C)C(=O)Cc1ccc(Cl)cc1. The average molecular weight is 195 g/mol. The minimum absolute atomic E-state index is 0.0716. The lowest BCUT2D eigenvalue weighted by molar-refractivity contribution is -0.114. The van der Waals surface area contributed by atoms with Gasteiger partial charge >= 0.3 is 0 Å². The van der Waals surface area contributed by atoms with Gasteiger partial charge in [0.1, 0.15) is 0 Å².